The first-order valence-corrected chi connectivity index (χ1v) is 7.86. The van der Waals surface area contributed by atoms with Gasteiger partial charge in [0.05, 0.1) is 6.10 Å². The number of carbonyl (C=O) groups excluding carboxylic acids is 1. The molecular weight excluding hydrogens is 322 g/mol. The van der Waals surface area contributed by atoms with Crippen LogP contribution in [0.4, 0.5) is 5.69 Å². The SMILES string of the molecule is CC(C)Oc1ccc(N(C)C(=O)c2cccc(OCC(=O)O)c2)cc1. The van der Waals surface area contributed by atoms with Gasteiger partial charge in [-0.3, -0.25) is 4.79 Å². The Kier molecular flexibility index (Phi) is 6.00. The van der Waals surface area contributed by atoms with Crippen molar-refractivity contribution in [3.8, 4) is 11.5 Å². The second kappa shape index (κ2) is 8.19. The Morgan fingerprint density at radius 3 is 2.36 bits per heavy atom. The molecule has 1 N–H and O–H groups in total. The predicted molar refractivity (Wildman–Crippen MR) is 94.5 cm³/mol. The molecule has 0 saturated carbocycles. The number of anilines is 1. The molecule has 2 aromatic rings. The van der Waals surface area contributed by atoms with Crippen LogP contribution < -0.4 is 14.4 Å². The van der Waals surface area contributed by atoms with Crippen LogP contribution in [0.5, 0.6) is 11.5 Å². The van der Waals surface area contributed by atoms with Gasteiger partial charge in [0.15, 0.2) is 6.61 Å². The maximum atomic E-state index is 12.6. The number of aliphatic carboxylic acids is 1. The van der Waals surface area contributed by atoms with E-state index in [1.54, 1.807) is 37.4 Å². The molecule has 0 aliphatic rings. The van der Waals surface area contributed by atoms with Gasteiger partial charge in [0.2, 0.25) is 0 Å². The second-order valence-electron chi connectivity index (χ2n) is 5.73. The molecule has 0 spiro atoms. The highest BCUT2D eigenvalue weighted by Crippen LogP contribution is 2.22. The standard InChI is InChI=1S/C19H21NO5/c1-13(2)25-16-9-7-15(8-10-16)20(3)19(23)14-5-4-6-17(11-14)24-12-18(21)22/h4-11,13H,12H2,1-3H3,(H,21,22). The number of carboxylic acids is 1. The van der Waals surface area contributed by atoms with Crippen LogP contribution in [-0.4, -0.2) is 36.7 Å². The molecular formula is C19H21NO5. The van der Waals surface area contributed by atoms with Gasteiger partial charge < -0.3 is 19.5 Å². The van der Waals surface area contributed by atoms with E-state index in [-0.39, 0.29) is 12.0 Å². The third kappa shape index (κ3) is 5.24. The molecule has 2 aromatic carbocycles. The molecule has 0 aliphatic heterocycles. The van der Waals surface area contributed by atoms with Crippen LogP contribution >= 0.6 is 0 Å². The largest absolute Gasteiger partial charge is 0.491 e. The van der Waals surface area contributed by atoms with Crippen molar-refractivity contribution >= 4 is 17.6 Å². The Morgan fingerprint density at radius 1 is 1.08 bits per heavy atom. The molecule has 0 unspecified atom stereocenters. The van der Waals surface area contributed by atoms with Crippen LogP contribution in [0.3, 0.4) is 0 Å². The topological polar surface area (TPSA) is 76.1 Å². The van der Waals surface area contributed by atoms with E-state index in [0.29, 0.717) is 11.3 Å². The first-order valence-electron chi connectivity index (χ1n) is 7.86. The molecule has 6 nitrogen and oxygen atoms in total. The summed E-state index contributed by atoms with van der Waals surface area (Å²) in [5, 5.41) is 8.66. The summed E-state index contributed by atoms with van der Waals surface area (Å²) >= 11 is 0. The van der Waals surface area contributed by atoms with Gasteiger partial charge >= 0.3 is 5.97 Å². The molecule has 1 amide bonds. The summed E-state index contributed by atoms with van der Waals surface area (Å²) in [5.74, 6) is -0.221. The lowest BCUT2D eigenvalue weighted by molar-refractivity contribution is -0.139. The summed E-state index contributed by atoms with van der Waals surface area (Å²) < 4.78 is 10.7. The van der Waals surface area contributed by atoms with Crippen LogP contribution in [0.25, 0.3) is 0 Å². The van der Waals surface area contributed by atoms with Crippen molar-refractivity contribution in [3.63, 3.8) is 0 Å². The number of rotatable bonds is 7. The summed E-state index contributed by atoms with van der Waals surface area (Å²) in [4.78, 5) is 24.7. The second-order valence-corrected chi connectivity index (χ2v) is 5.73. The molecule has 0 aromatic heterocycles. The highest BCUT2D eigenvalue weighted by molar-refractivity contribution is 6.05. The maximum Gasteiger partial charge on any atom is 0.341 e. The van der Waals surface area contributed by atoms with Crippen molar-refractivity contribution in [1.82, 2.24) is 0 Å². The molecule has 2 rings (SSSR count). The third-order valence-electron chi connectivity index (χ3n) is 3.34. The van der Waals surface area contributed by atoms with Gasteiger partial charge in [-0.25, -0.2) is 4.79 Å². The van der Waals surface area contributed by atoms with Crippen molar-refractivity contribution in [2.75, 3.05) is 18.6 Å². The van der Waals surface area contributed by atoms with E-state index < -0.39 is 12.6 Å². The Morgan fingerprint density at radius 2 is 1.76 bits per heavy atom. The van der Waals surface area contributed by atoms with Crippen LogP contribution in [0.2, 0.25) is 0 Å². The van der Waals surface area contributed by atoms with E-state index in [4.69, 9.17) is 14.6 Å². The van der Waals surface area contributed by atoms with Crippen molar-refractivity contribution < 1.29 is 24.2 Å². The highest BCUT2D eigenvalue weighted by Gasteiger charge is 2.14. The summed E-state index contributed by atoms with van der Waals surface area (Å²) in [6.07, 6.45) is 0.0822. The number of carbonyl (C=O) groups is 2. The Balaban J connectivity index is 2.11. The molecule has 25 heavy (non-hydrogen) atoms. The van der Waals surface area contributed by atoms with E-state index in [9.17, 15) is 9.59 Å². The average molecular weight is 343 g/mol. The van der Waals surface area contributed by atoms with Gasteiger partial charge in [0.25, 0.3) is 5.91 Å². The fourth-order valence-electron chi connectivity index (χ4n) is 2.20. The molecule has 0 fully saturated rings. The van der Waals surface area contributed by atoms with E-state index in [1.807, 2.05) is 26.0 Å². The van der Waals surface area contributed by atoms with Crippen LogP contribution in [0, 0.1) is 0 Å². The zero-order valence-corrected chi connectivity index (χ0v) is 14.4. The van der Waals surface area contributed by atoms with Gasteiger partial charge in [-0.15, -0.1) is 0 Å². The van der Waals surface area contributed by atoms with Crippen molar-refractivity contribution in [3.05, 3.63) is 54.1 Å². The lowest BCUT2D eigenvalue weighted by atomic mass is 10.1. The number of nitrogens with zero attached hydrogens (tertiary/aromatic N) is 1. The van der Waals surface area contributed by atoms with E-state index >= 15 is 0 Å². The van der Waals surface area contributed by atoms with Crippen molar-refractivity contribution in [2.45, 2.75) is 20.0 Å². The maximum absolute atomic E-state index is 12.6. The lowest BCUT2D eigenvalue weighted by Gasteiger charge is -2.18. The summed E-state index contributed by atoms with van der Waals surface area (Å²) in [6, 6.07) is 13.7. The number of amides is 1. The van der Waals surface area contributed by atoms with Gasteiger partial charge in [-0.1, -0.05) is 6.07 Å². The average Bonchev–Trinajstić information content (AvgIpc) is 2.59. The molecule has 132 valence electrons. The zero-order valence-electron chi connectivity index (χ0n) is 14.4. The fourth-order valence-corrected chi connectivity index (χ4v) is 2.20. The minimum absolute atomic E-state index is 0.0822. The predicted octanol–water partition coefficient (Wildman–Crippen LogP) is 3.21. The number of hydrogen-bond acceptors (Lipinski definition) is 4. The van der Waals surface area contributed by atoms with Crippen molar-refractivity contribution in [2.24, 2.45) is 0 Å². The molecule has 0 atom stereocenters. The number of ether oxygens (including phenoxy) is 2. The zero-order chi connectivity index (χ0) is 18.4. The quantitative estimate of drug-likeness (QED) is 0.835. The number of carboxylic acid groups (broad SMARTS) is 1. The molecule has 6 heteroatoms. The van der Waals surface area contributed by atoms with Crippen LogP contribution in [0.1, 0.15) is 24.2 Å². The summed E-state index contributed by atoms with van der Waals surface area (Å²) in [5.41, 5.74) is 1.13. The van der Waals surface area contributed by atoms with E-state index in [1.165, 1.54) is 11.0 Å². The van der Waals surface area contributed by atoms with Gasteiger partial charge in [0.1, 0.15) is 11.5 Å². The lowest BCUT2D eigenvalue weighted by Crippen LogP contribution is -2.26. The minimum Gasteiger partial charge on any atom is -0.491 e. The Hall–Kier alpha value is -3.02. The molecule has 0 radical (unpaired) electrons. The third-order valence-corrected chi connectivity index (χ3v) is 3.34. The molecule has 0 heterocycles. The Bertz CT molecular complexity index is 740. The summed E-state index contributed by atoms with van der Waals surface area (Å²) in [6.45, 7) is 3.44. The molecule has 0 aliphatic carbocycles. The first kappa shape index (κ1) is 18.3. The number of benzene rings is 2. The van der Waals surface area contributed by atoms with Gasteiger partial charge in [-0.05, 0) is 56.3 Å². The molecule has 0 bridgehead atoms. The summed E-state index contributed by atoms with van der Waals surface area (Å²) in [7, 11) is 1.67. The monoisotopic (exact) mass is 343 g/mol. The fraction of sp³-hybridized carbons (Fsp3) is 0.263. The van der Waals surface area contributed by atoms with Gasteiger partial charge in [-0.2, -0.15) is 0 Å². The highest BCUT2D eigenvalue weighted by atomic mass is 16.5. The van der Waals surface area contributed by atoms with Crippen LogP contribution in [-0.2, 0) is 4.79 Å². The van der Waals surface area contributed by atoms with Gasteiger partial charge in [0, 0.05) is 18.3 Å². The number of hydrogen-bond donors (Lipinski definition) is 1. The van der Waals surface area contributed by atoms with E-state index in [0.717, 1.165) is 11.4 Å². The van der Waals surface area contributed by atoms with Crippen LogP contribution in [0.15, 0.2) is 48.5 Å². The van der Waals surface area contributed by atoms with E-state index in [2.05, 4.69) is 0 Å². The Labute approximate surface area is 146 Å². The smallest absolute Gasteiger partial charge is 0.341 e. The molecule has 0 saturated heterocycles. The minimum atomic E-state index is -1.07. The first-order chi connectivity index (χ1) is 11.9. The van der Waals surface area contributed by atoms with Crippen molar-refractivity contribution in [1.29, 1.82) is 0 Å². The normalized spacial score (nSPS) is 10.4.